The molecule has 0 aromatic heterocycles. The van der Waals surface area contributed by atoms with Gasteiger partial charge < -0.3 is 16.4 Å². The van der Waals surface area contributed by atoms with Crippen LogP contribution in [0.15, 0.2) is 48.5 Å². The molecule has 1 saturated heterocycles. The lowest BCUT2D eigenvalue weighted by molar-refractivity contribution is -0.124. The number of thioether (sulfide) groups is 1. The van der Waals surface area contributed by atoms with Gasteiger partial charge in [-0.1, -0.05) is 12.1 Å². The molecule has 1 aliphatic heterocycles. The number of anilines is 1. The Hall–Kier alpha value is -2.91. The van der Waals surface area contributed by atoms with Crippen LogP contribution in [0, 0.1) is 5.82 Å². The van der Waals surface area contributed by atoms with E-state index in [1.54, 1.807) is 24.3 Å². The number of halogens is 1. The Morgan fingerprint density at radius 3 is 2.48 bits per heavy atom. The fourth-order valence-corrected chi connectivity index (χ4v) is 3.93. The van der Waals surface area contributed by atoms with Crippen LogP contribution >= 0.6 is 11.8 Å². The summed E-state index contributed by atoms with van der Waals surface area (Å²) in [4.78, 5) is 35.4. The highest BCUT2D eigenvalue weighted by atomic mass is 32.2. The number of nitrogens with two attached hydrogens (primary N) is 1. The molecule has 0 radical (unpaired) electrons. The van der Waals surface area contributed by atoms with Crippen molar-refractivity contribution < 1.29 is 18.8 Å². The number of amides is 3. The smallest absolute Gasteiger partial charge is 0.248 e. The van der Waals surface area contributed by atoms with Crippen LogP contribution in [0.3, 0.4) is 0 Å². The van der Waals surface area contributed by atoms with Crippen LogP contribution in [-0.2, 0) is 15.3 Å². The van der Waals surface area contributed by atoms with Crippen molar-refractivity contribution in [2.24, 2.45) is 5.73 Å². The monoisotopic (exact) mass is 416 g/mol. The van der Waals surface area contributed by atoms with E-state index in [0.717, 1.165) is 5.56 Å². The van der Waals surface area contributed by atoms with Gasteiger partial charge in [0, 0.05) is 35.9 Å². The van der Waals surface area contributed by atoms with E-state index in [0.29, 0.717) is 17.0 Å². The van der Waals surface area contributed by atoms with Gasteiger partial charge >= 0.3 is 0 Å². The van der Waals surface area contributed by atoms with Gasteiger partial charge in [0.25, 0.3) is 0 Å². The van der Waals surface area contributed by atoms with Crippen LogP contribution in [-0.4, -0.2) is 29.3 Å². The van der Waals surface area contributed by atoms with Crippen molar-refractivity contribution in [3.63, 3.8) is 0 Å². The molecule has 1 fully saturated rings. The normalized spacial score (nSPS) is 18.7. The van der Waals surface area contributed by atoms with Gasteiger partial charge in [-0.2, -0.15) is 0 Å². The minimum Gasteiger partial charge on any atom is -0.366 e. The zero-order valence-electron chi connectivity index (χ0n) is 15.5. The Labute approximate surface area is 171 Å². The molecule has 29 heavy (non-hydrogen) atoms. The molecule has 152 valence electrons. The molecule has 0 saturated carbocycles. The average molecular weight is 416 g/mol. The summed E-state index contributed by atoms with van der Waals surface area (Å²) in [5.41, 5.74) is 6.69. The third-order valence-electron chi connectivity index (χ3n) is 4.33. The second-order valence-electron chi connectivity index (χ2n) is 6.65. The first kappa shape index (κ1) is 20.8. The van der Waals surface area contributed by atoms with Gasteiger partial charge in [0.2, 0.25) is 17.7 Å². The summed E-state index contributed by atoms with van der Waals surface area (Å²) in [6.07, 6.45) is 0.320. The highest BCUT2D eigenvalue weighted by Gasteiger charge is 2.27. The van der Waals surface area contributed by atoms with Gasteiger partial charge in [-0.15, -0.1) is 11.8 Å². The van der Waals surface area contributed by atoms with Gasteiger partial charge in [0.05, 0.1) is 0 Å². The molecule has 2 aromatic carbocycles. The Balaban J connectivity index is 1.50. The quantitative estimate of drug-likeness (QED) is 0.551. The number of primary amides is 1. The lowest BCUT2D eigenvalue weighted by Gasteiger charge is -2.31. The molecule has 7 nitrogen and oxygen atoms in total. The van der Waals surface area contributed by atoms with E-state index in [-0.39, 0.29) is 42.0 Å². The lowest BCUT2D eigenvalue weighted by Crippen LogP contribution is -2.55. The summed E-state index contributed by atoms with van der Waals surface area (Å²) in [7, 11) is 0. The van der Waals surface area contributed by atoms with Gasteiger partial charge in [-0.25, -0.2) is 4.39 Å². The fraction of sp³-hybridized carbons (Fsp3) is 0.250. The number of carbonyl (C=O) groups excluding carboxylic acids is 3. The molecule has 2 unspecified atom stereocenters. The molecule has 3 amide bonds. The lowest BCUT2D eigenvalue weighted by atomic mass is 10.1. The number of carbonyl (C=O) groups is 3. The predicted octanol–water partition coefficient (Wildman–Crippen LogP) is 1.95. The summed E-state index contributed by atoms with van der Waals surface area (Å²) in [5, 5.41) is 8.82. The first-order valence-electron chi connectivity index (χ1n) is 9.00. The van der Waals surface area contributed by atoms with Gasteiger partial charge in [0.1, 0.15) is 11.3 Å². The first-order valence-corrected chi connectivity index (χ1v) is 10.0. The molecular weight excluding hydrogens is 395 g/mol. The summed E-state index contributed by atoms with van der Waals surface area (Å²) in [6, 6.07) is 12.1. The maximum atomic E-state index is 13.0. The molecule has 2 aromatic rings. The van der Waals surface area contributed by atoms with Crippen molar-refractivity contribution in [2.45, 2.75) is 30.1 Å². The van der Waals surface area contributed by atoms with Crippen LogP contribution in [0.5, 0.6) is 0 Å². The molecule has 0 spiro atoms. The van der Waals surface area contributed by atoms with Crippen molar-refractivity contribution in [2.75, 3.05) is 5.32 Å². The Kier molecular flexibility index (Phi) is 6.84. The van der Waals surface area contributed by atoms with E-state index < -0.39 is 5.91 Å². The van der Waals surface area contributed by atoms with E-state index >= 15 is 0 Å². The third kappa shape index (κ3) is 6.30. The van der Waals surface area contributed by atoms with E-state index in [9.17, 15) is 18.8 Å². The molecule has 2 atom stereocenters. The minimum absolute atomic E-state index is 0.124. The van der Waals surface area contributed by atoms with E-state index in [1.165, 1.54) is 36.0 Å². The van der Waals surface area contributed by atoms with Crippen LogP contribution in [0.1, 0.15) is 28.8 Å². The van der Waals surface area contributed by atoms with Crippen molar-refractivity contribution >= 4 is 35.2 Å². The van der Waals surface area contributed by atoms with E-state index in [1.807, 2.05) is 0 Å². The molecular formula is C20H21FN4O3S. The summed E-state index contributed by atoms with van der Waals surface area (Å²) in [5.74, 6) is -0.624. The Morgan fingerprint density at radius 1 is 1.14 bits per heavy atom. The van der Waals surface area contributed by atoms with Crippen LogP contribution in [0.2, 0.25) is 0 Å². The minimum atomic E-state index is -0.538. The van der Waals surface area contributed by atoms with Crippen LogP contribution < -0.4 is 21.7 Å². The molecule has 5 N–H and O–H groups in total. The Morgan fingerprint density at radius 2 is 1.83 bits per heavy atom. The molecule has 0 aliphatic carbocycles. The average Bonchev–Trinajstić information content (AvgIpc) is 2.67. The largest absolute Gasteiger partial charge is 0.366 e. The van der Waals surface area contributed by atoms with Crippen molar-refractivity contribution in [3.8, 4) is 0 Å². The highest BCUT2D eigenvalue weighted by Crippen LogP contribution is 2.19. The topological polar surface area (TPSA) is 113 Å². The first-order chi connectivity index (χ1) is 13.9. The van der Waals surface area contributed by atoms with Gasteiger partial charge in [-0.05, 0) is 42.0 Å². The maximum absolute atomic E-state index is 13.0. The number of hydrogen-bond donors (Lipinski definition) is 4. The number of hydrogen-bond acceptors (Lipinski definition) is 5. The number of nitrogens with one attached hydrogen (secondary N) is 3. The van der Waals surface area contributed by atoms with E-state index in [2.05, 4.69) is 16.0 Å². The third-order valence-corrected chi connectivity index (χ3v) is 5.41. The number of rotatable bonds is 7. The predicted molar refractivity (Wildman–Crippen MR) is 109 cm³/mol. The molecule has 1 aliphatic rings. The Bertz CT molecular complexity index is 890. The van der Waals surface area contributed by atoms with Crippen LogP contribution in [0.25, 0.3) is 0 Å². The van der Waals surface area contributed by atoms with Crippen molar-refractivity contribution in [1.29, 1.82) is 0 Å². The summed E-state index contributed by atoms with van der Waals surface area (Å²) < 4.78 is 13.0. The van der Waals surface area contributed by atoms with Crippen LogP contribution in [0.4, 0.5) is 10.1 Å². The number of benzene rings is 2. The molecule has 0 bridgehead atoms. The fourth-order valence-electron chi connectivity index (χ4n) is 2.88. The van der Waals surface area contributed by atoms with Crippen molar-refractivity contribution in [1.82, 2.24) is 10.6 Å². The highest BCUT2D eigenvalue weighted by molar-refractivity contribution is 7.99. The maximum Gasteiger partial charge on any atom is 0.248 e. The van der Waals surface area contributed by atoms with Crippen molar-refractivity contribution in [3.05, 3.63) is 65.5 Å². The summed E-state index contributed by atoms with van der Waals surface area (Å²) >= 11 is 1.46. The van der Waals surface area contributed by atoms with E-state index in [4.69, 9.17) is 5.73 Å². The van der Waals surface area contributed by atoms with Gasteiger partial charge in [0.15, 0.2) is 0 Å². The van der Waals surface area contributed by atoms with Gasteiger partial charge in [-0.3, -0.25) is 19.7 Å². The summed E-state index contributed by atoms with van der Waals surface area (Å²) in [6.45, 7) is 0. The molecule has 9 heteroatoms. The second-order valence-corrected chi connectivity index (χ2v) is 7.74. The zero-order chi connectivity index (χ0) is 20.8. The molecule has 3 rings (SSSR count). The SMILES string of the molecule is NC(=O)c1ccc(NC(=O)CC2CC(=O)NC(SCc3ccc(F)cc3)N2)cc1. The zero-order valence-corrected chi connectivity index (χ0v) is 16.3. The standard InChI is InChI=1S/C20H21FN4O3S/c21-14-5-1-12(2-6-14)11-29-20-24-16(10-18(27)25-20)9-17(26)23-15-7-3-13(4-8-15)19(22)28/h1-8,16,20,24H,9-11H2,(H2,22,28)(H,23,26)(H,25,27). The second kappa shape index (κ2) is 9.53. The molecule has 1 heterocycles.